The van der Waals surface area contributed by atoms with Crippen LogP contribution >= 0.6 is 23.2 Å². The molecule has 1 saturated heterocycles. The van der Waals surface area contributed by atoms with Crippen LogP contribution in [0.5, 0.6) is 5.75 Å². The minimum atomic E-state index is -0.370. The number of ether oxygens (including phenoxy) is 1. The molecule has 2 unspecified atom stereocenters. The lowest BCUT2D eigenvalue weighted by atomic mass is 9.94. The lowest BCUT2D eigenvalue weighted by Crippen LogP contribution is -2.49. The Labute approximate surface area is 188 Å². The minimum absolute atomic E-state index is 0.00767. The standard InChI is InChI=1S/C23H28Cl2N2O3/c1-15(2)13-22(28)27-11-9-16(10-12-27)23(29)26-19-5-3-4-6-21(19)30-20-8-7-17(24)14-18(20)25/h3-8,14-16,19,21H,9-13H2,1-2H3,(H,26,29). The van der Waals surface area contributed by atoms with Gasteiger partial charge in [0.05, 0.1) is 11.1 Å². The first-order chi connectivity index (χ1) is 14.3. The molecular formula is C23H28Cl2N2O3. The van der Waals surface area contributed by atoms with E-state index in [1.165, 1.54) is 0 Å². The number of hydrogen-bond donors (Lipinski definition) is 1. The van der Waals surface area contributed by atoms with Crippen molar-refractivity contribution in [1.82, 2.24) is 10.2 Å². The van der Waals surface area contributed by atoms with Gasteiger partial charge in [0.15, 0.2) is 0 Å². The molecule has 1 aliphatic heterocycles. The fourth-order valence-electron chi connectivity index (χ4n) is 3.70. The fraction of sp³-hybridized carbons (Fsp3) is 0.478. The number of halogens is 2. The Hall–Kier alpha value is -1.98. The molecule has 3 rings (SSSR count). The van der Waals surface area contributed by atoms with Crippen molar-refractivity contribution in [2.24, 2.45) is 11.8 Å². The molecule has 0 spiro atoms. The minimum Gasteiger partial charge on any atom is -0.482 e. The SMILES string of the molecule is CC(C)CC(=O)N1CCC(C(=O)NC2C=CC=CC2Oc2ccc(Cl)cc2Cl)CC1. The lowest BCUT2D eigenvalue weighted by Gasteiger charge is -2.33. The summed E-state index contributed by atoms with van der Waals surface area (Å²) in [6.45, 7) is 5.34. The third kappa shape index (κ3) is 6.02. The van der Waals surface area contributed by atoms with Gasteiger partial charge in [0, 0.05) is 30.5 Å². The summed E-state index contributed by atoms with van der Waals surface area (Å²) in [7, 11) is 0. The molecule has 0 saturated carbocycles. The number of benzene rings is 1. The summed E-state index contributed by atoms with van der Waals surface area (Å²) >= 11 is 12.2. The fourth-order valence-corrected chi connectivity index (χ4v) is 4.15. The summed E-state index contributed by atoms with van der Waals surface area (Å²) in [6.07, 6.45) is 9.12. The van der Waals surface area contributed by atoms with Crippen molar-refractivity contribution in [3.63, 3.8) is 0 Å². The number of amides is 2. The summed E-state index contributed by atoms with van der Waals surface area (Å²) in [5.74, 6) is 0.925. The predicted molar refractivity (Wildman–Crippen MR) is 120 cm³/mol. The highest BCUT2D eigenvalue weighted by Gasteiger charge is 2.30. The first kappa shape index (κ1) is 22.7. The van der Waals surface area contributed by atoms with Gasteiger partial charge >= 0.3 is 0 Å². The molecule has 1 aromatic carbocycles. The summed E-state index contributed by atoms with van der Waals surface area (Å²) in [5, 5.41) is 4.05. The predicted octanol–water partition coefficient (Wildman–Crippen LogP) is 4.64. The van der Waals surface area contributed by atoms with Gasteiger partial charge in [-0.2, -0.15) is 0 Å². The van der Waals surface area contributed by atoms with Crippen LogP contribution in [0.25, 0.3) is 0 Å². The van der Waals surface area contributed by atoms with Gasteiger partial charge < -0.3 is 15.0 Å². The molecule has 2 aliphatic rings. The second-order valence-corrected chi connectivity index (χ2v) is 9.06. The number of piperidine rings is 1. The van der Waals surface area contributed by atoms with E-state index >= 15 is 0 Å². The van der Waals surface area contributed by atoms with E-state index in [2.05, 4.69) is 5.32 Å². The Balaban J connectivity index is 1.55. The second kappa shape index (κ2) is 10.4. The molecular weight excluding hydrogens is 423 g/mol. The first-order valence-corrected chi connectivity index (χ1v) is 11.1. The van der Waals surface area contributed by atoms with Crippen LogP contribution in [0.3, 0.4) is 0 Å². The molecule has 5 nitrogen and oxygen atoms in total. The van der Waals surface area contributed by atoms with E-state index in [1.54, 1.807) is 18.2 Å². The number of allylic oxidation sites excluding steroid dienone is 2. The van der Waals surface area contributed by atoms with E-state index in [1.807, 2.05) is 43.1 Å². The van der Waals surface area contributed by atoms with Crippen LogP contribution in [0, 0.1) is 11.8 Å². The molecule has 1 aromatic rings. The maximum atomic E-state index is 12.9. The molecule has 1 fully saturated rings. The Morgan fingerprint density at radius 1 is 1.17 bits per heavy atom. The summed E-state index contributed by atoms with van der Waals surface area (Å²) in [6, 6.07) is 4.77. The number of carbonyl (C=O) groups is 2. The van der Waals surface area contributed by atoms with Crippen molar-refractivity contribution >= 4 is 35.0 Å². The molecule has 1 heterocycles. The number of likely N-dealkylation sites (tertiary alicyclic amines) is 1. The summed E-state index contributed by atoms with van der Waals surface area (Å²) in [5.41, 5.74) is 0. The molecule has 162 valence electrons. The van der Waals surface area contributed by atoms with Gasteiger partial charge in [-0.1, -0.05) is 55.3 Å². The Bertz CT molecular complexity index is 830. The number of hydrogen-bond acceptors (Lipinski definition) is 3. The maximum Gasteiger partial charge on any atom is 0.223 e. The number of rotatable bonds is 6. The first-order valence-electron chi connectivity index (χ1n) is 10.4. The molecule has 0 aromatic heterocycles. The molecule has 1 N–H and O–H groups in total. The monoisotopic (exact) mass is 450 g/mol. The summed E-state index contributed by atoms with van der Waals surface area (Å²) in [4.78, 5) is 27.0. The number of carbonyl (C=O) groups excluding carboxylic acids is 2. The third-order valence-corrected chi connectivity index (χ3v) is 5.88. The zero-order chi connectivity index (χ0) is 21.7. The van der Waals surface area contributed by atoms with Crippen LogP contribution in [0.4, 0.5) is 0 Å². The largest absolute Gasteiger partial charge is 0.482 e. The van der Waals surface area contributed by atoms with Gasteiger partial charge in [0.25, 0.3) is 0 Å². The van der Waals surface area contributed by atoms with Gasteiger partial charge in [-0.05, 0) is 43.0 Å². The van der Waals surface area contributed by atoms with Crippen molar-refractivity contribution in [1.29, 1.82) is 0 Å². The van der Waals surface area contributed by atoms with E-state index in [-0.39, 0.29) is 29.9 Å². The van der Waals surface area contributed by atoms with Crippen molar-refractivity contribution in [3.8, 4) is 5.75 Å². The Kier molecular flexibility index (Phi) is 7.84. The Morgan fingerprint density at radius 2 is 1.87 bits per heavy atom. The highest BCUT2D eigenvalue weighted by molar-refractivity contribution is 6.35. The van der Waals surface area contributed by atoms with E-state index in [0.29, 0.717) is 54.1 Å². The van der Waals surface area contributed by atoms with Crippen molar-refractivity contribution in [2.75, 3.05) is 13.1 Å². The van der Waals surface area contributed by atoms with E-state index < -0.39 is 0 Å². The van der Waals surface area contributed by atoms with Gasteiger partial charge in [-0.3, -0.25) is 9.59 Å². The van der Waals surface area contributed by atoms with Crippen LogP contribution in [-0.2, 0) is 9.59 Å². The topological polar surface area (TPSA) is 58.6 Å². The smallest absolute Gasteiger partial charge is 0.223 e. The highest BCUT2D eigenvalue weighted by atomic mass is 35.5. The number of nitrogens with zero attached hydrogens (tertiary/aromatic N) is 1. The van der Waals surface area contributed by atoms with Crippen molar-refractivity contribution in [2.45, 2.75) is 45.3 Å². The molecule has 0 bridgehead atoms. The van der Waals surface area contributed by atoms with Crippen LogP contribution in [-0.4, -0.2) is 41.9 Å². The second-order valence-electron chi connectivity index (χ2n) is 8.21. The quantitative estimate of drug-likeness (QED) is 0.686. The van der Waals surface area contributed by atoms with E-state index in [4.69, 9.17) is 27.9 Å². The third-order valence-electron chi connectivity index (χ3n) is 5.35. The van der Waals surface area contributed by atoms with Gasteiger partial charge in [-0.15, -0.1) is 0 Å². The van der Waals surface area contributed by atoms with Gasteiger partial charge in [0.2, 0.25) is 11.8 Å². The maximum absolute atomic E-state index is 12.9. The van der Waals surface area contributed by atoms with Crippen LogP contribution in [0.1, 0.15) is 33.1 Å². The summed E-state index contributed by atoms with van der Waals surface area (Å²) < 4.78 is 6.03. The van der Waals surface area contributed by atoms with Gasteiger partial charge in [-0.25, -0.2) is 0 Å². The molecule has 7 heteroatoms. The highest BCUT2D eigenvalue weighted by Crippen LogP contribution is 2.29. The van der Waals surface area contributed by atoms with Crippen molar-refractivity contribution < 1.29 is 14.3 Å². The molecule has 30 heavy (non-hydrogen) atoms. The zero-order valence-electron chi connectivity index (χ0n) is 17.3. The average Bonchev–Trinajstić information content (AvgIpc) is 2.71. The number of nitrogens with one attached hydrogen (secondary N) is 1. The van der Waals surface area contributed by atoms with Gasteiger partial charge in [0.1, 0.15) is 11.9 Å². The van der Waals surface area contributed by atoms with E-state index in [0.717, 1.165) is 0 Å². The molecule has 0 radical (unpaired) electrons. The molecule has 2 amide bonds. The van der Waals surface area contributed by atoms with Crippen LogP contribution < -0.4 is 10.1 Å². The lowest BCUT2D eigenvalue weighted by molar-refractivity contribution is -0.136. The van der Waals surface area contributed by atoms with E-state index in [9.17, 15) is 9.59 Å². The normalized spacial score (nSPS) is 21.7. The average molecular weight is 451 g/mol. The molecule has 2 atom stereocenters. The van der Waals surface area contributed by atoms with Crippen molar-refractivity contribution in [3.05, 3.63) is 52.5 Å². The van der Waals surface area contributed by atoms with Crippen LogP contribution in [0.15, 0.2) is 42.5 Å². The molecule has 1 aliphatic carbocycles. The van der Waals surface area contributed by atoms with Crippen LogP contribution in [0.2, 0.25) is 10.0 Å². The zero-order valence-corrected chi connectivity index (χ0v) is 18.8. The Morgan fingerprint density at radius 3 is 2.53 bits per heavy atom.